The molecule has 1 unspecified atom stereocenters. The Kier molecular flexibility index (Phi) is 6.24. The van der Waals surface area contributed by atoms with Crippen LogP contribution in [0, 0.1) is 5.92 Å². The fourth-order valence-corrected chi connectivity index (χ4v) is 5.11. The van der Waals surface area contributed by atoms with Gasteiger partial charge in [0.15, 0.2) is 33.9 Å². The molecule has 1 saturated carbocycles. The van der Waals surface area contributed by atoms with Gasteiger partial charge in [-0.2, -0.15) is 0 Å². The molecule has 4 aromatic rings. The number of pyridine rings is 1. The zero-order valence-corrected chi connectivity index (χ0v) is 21.4. The fourth-order valence-electron chi connectivity index (χ4n) is 4.10. The lowest BCUT2D eigenvalue weighted by atomic mass is 10.2. The van der Waals surface area contributed by atoms with Crippen molar-refractivity contribution in [1.82, 2.24) is 15.0 Å². The molecular formula is C26H24N4O7S. The van der Waals surface area contributed by atoms with Crippen LogP contribution >= 0.6 is 0 Å². The Labute approximate surface area is 219 Å². The van der Waals surface area contributed by atoms with Crippen LogP contribution in [-0.2, 0) is 21.3 Å². The van der Waals surface area contributed by atoms with Crippen molar-refractivity contribution >= 4 is 33.4 Å². The number of aromatic amines is 1. The van der Waals surface area contributed by atoms with Crippen LogP contribution in [0.4, 0.5) is 5.69 Å². The Morgan fingerprint density at radius 3 is 2.74 bits per heavy atom. The predicted octanol–water partition coefficient (Wildman–Crippen LogP) is 4.15. The number of hydrogen-bond donors (Lipinski definition) is 2. The molecule has 38 heavy (non-hydrogen) atoms. The number of aromatic nitrogens is 3. The second-order valence-electron chi connectivity index (χ2n) is 8.77. The Bertz CT molecular complexity index is 1570. The summed E-state index contributed by atoms with van der Waals surface area (Å²) < 4.78 is 40.9. The van der Waals surface area contributed by atoms with Crippen LogP contribution < -0.4 is 29.0 Å². The van der Waals surface area contributed by atoms with Crippen LogP contribution in [0.5, 0.6) is 34.5 Å². The molecule has 0 saturated heterocycles. The highest BCUT2D eigenvalue weighted by Gasteiger charge is 2.30. The number of nitrogens with zero attached hydrogens (tertiary/aromatic N) is 2. The number of nitrogens with one attached hydrogen (secondary N) is 2. The molecule has 12 heteroatoms. The van der Waals surface area contributed by atoms with Gasteiger partial charge in [-0.05, 0) is 31.0 Å². The molecule has 196 valence electrons. The number of imidazole rings is 1. The van der Waals surface area contributed by atoms with E-state index in [1.807, 2.05) is 0 Å². The first-order chi connectivity index (χ1) is 18.5. The summed E-state index contributed by atoms with van der Waals surface area (Å²) in [6.45, 7) is 0.151. The van der Waals surface area contributed by atoms with Crippen molar-refractivity contribution in [1.29, 1.82) is 0 Å². The third-order valence-electron chi connectivity index (χ3n) is 6.19. The average molecular weight is 537 g/mol. The van der Waals surface area contributed by atoms with Gasteiger partial charge >= 0.3 is 0 Å². The topological polar surface area (TPSA) is 134 Å². The van der Waals surface area contributed by atoms with E-state index in [1.165, 1.54) is 14.2 Å². The van der Waals surface area contributed by atoms with Crippen LogP contribution in [0.2, 0.25) is 0 Å². The van der Waals surface area contributed by atoms with Gasteiger partial charge < -0.3 is 34.0 Å². The van der Waals surface area contributed by atoms with E-state index >= 15 is 0 Å². The molecule has 0 radical (unpaired) electrons. The Morgan fingerprint density at radius 1 is 1.11 bits per heavy atom. The molecule has 1 fully saturated rings. The summed E-state index contributed by atoms with van der Waals surface area (Å²) in [6, 6.07) is 10.3. The summed E-state index contributed by atoms with van der Waals surface area (Å²) in [5.41, 5.74) is 2.08. The van der Waals surface area contributed by atoms with Gasteiger partial charge in [-0.15, -0.1) is 0 Å². The zero-order chi connectivity index (χ0) is 26.2. The minimum atomic E-state index is -1.57. The van der Waals surface area contributed by atoms with Gasteiger partial charge in [-0.1, -0.05) is 0 Å². The molecule has 2 N–H and O–H groups in total. The molecule has 6 rings (SSSR count). The van der Waals surface area contributed by atoms with E-state index in [0.717, 1.165) is 12.8 Å². The average Bonchev–Trinajstić information content (AvgIpc) is 3.54. The van der Waals surface area contributed by atoms with E-state index < -0.39 is 10.8 Å². The van der Waals surface area contributed by atoms with Crippen LogP contribution in [0.15, 0.2) is 47.8 Å². The van der Waals surface area contributed by atoms with Crippen LogP contribution in [-0.4, -0.2) is 46.1 Å². The first-order valence-corrected chi connectivity index (χ1v) is 13.2. The SMILES string of the molecule is COc1ccnc(CS(=O)c2nc3cc(Oc4ccc5c(c4)OCO5)c(NC(=O)C4CC4)cc3[nH]2)c1OC. The number of benzene rings is 2. The van der Waals surface area contributed by atoms with E-state index in [9.17, 15) is 9.00 Å². The summed E-state index contributed by atoms with van der Waals surface area (Å²) in [7, 11) is 1.46. The maximum atomic E-state index is 13.3. The standard InChI is InChI=1S/C26H24N4O7S/c1-33-21-7-8-27-19(24(21)34-2)12-38(32)26-29-16-10-18(28-25(31)14-3-4-14)22(11-17(16)30-26)37-15-5-6-20-23(9-15)36-13-35-20/h5-11,14H,3-4,12-13H2,1-2H3,(H,28,31)(H,29,30). The number of carbonyl (C=O) groups excluding carboxylic acids is 1. The number of amides is 1. The van der Waals surface area contributed by atoms with Crippen molar-refractivity contribution in [2.75, 3.05) is 26.3 Å². The highest BCUT2D eigenvalue weighted by molar-refractivity contribution is 7.84. The van der Waals surface area contributed by atoms with E-state index in [2.05, 4.69) is 20.3 Å². The third kappa shape index (κ3) is 4.70. The monoisotopic (exact) mass is 536 g/mol. The lowest BCUT2D eigenvalue weighted by Crippen LogP contribution is -2.13. The lowest BCUT2D eigenvalue weighted by molar-refractivity contribution is -0.117. The van der Waals surface area contributed by atoms with Crippen molar-refractivity contribution in [2.45, 2.75) is 23.8 Å². The molecule has 11 nitrogen and oxygen atoms in total. The summed E-state index contributed by atoms with van der Waals surface area (Å²) >= 11 is 0. The predicted molar refractivity (Wildman–Crippen MR) is 138 cm³/mol. The molecule has 1 amide bonds. The molecule has 0 spiro atoms. The van der Waals surface area contributed by atoms with Crippen molar-refractivity contribution in [3.05, 3.63) is 48.3 Å². The largest absolute Gasteiger partial charge is 0.493 e. The van der Waals surface area contributed by atoms with Gasteiger partial charge in [-0.25, -0.2) is 4.98 Å². The summed E-state index contributed by atoms with van der Waals surface area (Å²) in [4.78, 5) is 24.5. The molecule has 2 aliphatic rings. The maximum absolute atomic E-state index is 13.3. The van der Waals surface area contributed by atoms with Crippen LogP contribution in [0.1, 0.15) is 18.5 Å². The highest BCUT2D eigenvalue weighted by atomic mass is 32.2. The second kappa shape index (κ2) is 9.86. The molecule has 3 heterocycles. The van der Waals surface area contributed by atoms with Crippen molar-refractivity contribution in [3.8, 4) is 34.5 Å². The Morgan fingerprint density at radius 2 is 1.95 bits per heavy atom. The number of hydrogen-bond acceptors (Lipinski definition) is 9. The number of fused-ring (bicyclic) bond motifs is 2. The van der Waals surface area contributed by atoms with Crippen molar-refractivity contribution in [2.24, 2.45) is 5.92 Å². The van der Waals surface area contributed by atoms with Gasteiger partial charge in [-0.3, -0.25) is 14.0 Å². The minimum absolute atomic E-state index is 0.000680. The van der Waals surface area contributed by atoms with Gasteiger partial charge in [0, 0.05) is 30.3 Å². The highest BCUT2D eigenvalue weighted by Crippen LogP contribution is 2.40. The van der Waals surface area contributed by atoms with Crippen molar-refractivity contribution < 1.29 is 32.7 Å². The first kappa shape index (κ1) is 24.0. The van der Waals surface area contributed by atoms with Crippen LogP contribution in [0.25, 0.3) is 11.0 Å². The molecule has 2 aromatic heterocycles. The molecule has 1 aliphatic heterocycles. The van der Waals surface area contributed by atoms with E-state index in [0.29, 0.717) is 56.9 Å². The molecule has 1 atom stereocenters. The second-order valence-corrected chi connectivity index (χ2v) is 10.1. The smallest absolute Gasteiger partial charge is 0.231 e. The van der Waals surface area contributed by atoms with E-state index in [1.54, 1.807) is 42.6 Å². The number of carbonyl (C=O) groups is 1. The normalized spacial score (nSPS) is 14.8. The quantitative estimate of drug-likeness (QED) is 0.323. The summed E-state index contributed by atoms with van der Waals surface area (Å²) in [5.74, 6) is 3.02. The van der Waals surface area contributed by atoms with E-state index in [-0.39, 0.29) is 29.5 Å². The van der Waals surface area contributed by atoms with Gasteiger partial charge in [0.25, 0.3) is 0 Å². The molecule has 0 bridgehead atoms. The lowest BCUT2D eigenvalue weighted by Gasteiger charge is -2.13. The number of methoxy groups -OCH3 is 2. The zero-order valence-electron chi connectivity index (χ0n) is 20.6. The van der Waals surface area contributed by atoms with Crippen LogP contribution in [0.3, 0.4) is 0 Å². The van der Waals surface area contributed by atoms with Gasteiger partial charge in [0.2, 0.25) is 12.7 Å². The Hall–Kier alpha value is -4.32. The van der Waals surface area contributed by atoms with Crippen molar-refractivity contribution in [3.63, 3.8) is 0 Å². The minimum Gasteiger partial charge on any atom is -0.493 e. The number of H-pyrrole nitrogens is 1. The Balaban J connectivity index is 1.32. The fraction of sp³-hybridized carbons (Fsp3) is 0.269. The number of rotatable bonds is 9. The molecular weight excluding hydrogens is 512 g/mol. The van der Waals surface area contributed by atoms with Gasteiger partial charge in [0.1, 0.15) is 5.75 Å². The summed E-state index contributed by atoms with van der Waals surface area (Å²) in [6.07, 6.45) is 3.30. The third-order valence-corrected chi connectivity index (χ3v) is 7.35. The number of ether oxygens (including phenoxy) is 5. The molecule has 1 aliphatic carbocycles. The first-order valence-electron chi connectivity index (χ1n) is 11.9. The maximum Gasteiger partial charge on any atom is 0.231 e. The number of anilines is 1. The van der Waals surface area contributed by atoms with E-state index in [4.69, 9.17) is 23.7 Å². The summed E-state index contributed by atoms with van der Waals surface area (Å²) in [5, 5.41) is 3.22. The van der Waals surface area contributed by atoms with Gasteiger partial charge in [0.05, 0.1) is 53.2 Å². The molecule has 2 aromatic carbocycles.